The number of nitrogens with zero attached hydrogens (tertiary/aromatic N) is 4. The zero-order chi connectivity index (χ0) is 12.9. The van der Waals surface area contributed by atoms with Crippen molar-refractivity contribution in [2.45, 2.75) is 13.2 Å². The van der Waals surface area contributed by atoms with E-state index in [4.69, 9.17) is 4.74 Å². The monoisotopic (exact) mass is 255 g/mol. The fraction of sp³-hybridized carbons (Fsp3) is 0.154. The lowest BCUT2D eigenvalue weighted by molar-refractivity contribution is 0.0970. The summed E-state index contributed by atoms with van der Waals surface area (Å²) in [5.41, 5.74) is 0.979. The summed E-state index contributed by atoms with van der Waals surface area (Å²) in [7, 11) is 0. The topological polar surface area (TPSA) is 68.6 Å². The molecule has 0 saturated carbocycles. The minimum atomic E-state index is 0.362. The predicted octanol–water partition coefficient (Wildman–Crippen LogP) is 1.71. The fourth-order valence-corrected chi connectivity index (χ4v) is 1.68. The van der Waals surface area contributed by atoms with Gasteiger partial charge in [0.1, 0.15) is 25.4 Å². The van der Waals surface area contributed by atoms with Gasteiger partial charge in [0, 0.05) is 12.4 Å². The molecule has 2 heterocycles. The van der Waals surface area contributed by atoms with E-state index in [1.807, 2.05) is 30.3 Å². The Kier molecular flexibility index (Phi) is 3.33. The van der Waals surface area contributed by atoms with E-state index >= 15 is 0 Å². The summed E-state index contributed by atoms with van der Waals surface area (Å²) < 4.78 is 7.21. The molecule has 0 atom stereocenters. The second kappa shape index (κ2) is 5.45. The van der Waals surface area contributed by atoms with Crippen molar-refractivity contribution in [1.29, 1.82) is 0 Å². The molecule has 3 rings (SSSR count). The van der Waals surface area contributed by atoms with Crippen LogP contribution in [0.3, 0.4) is 0 Å². The molecule has 0 bridgehead atoms. The zero-order valence-corrected chi connectivity index (χ0v) is 10.2. The molecule has 96 valence electrons. The maximum absolute atomic E-state index is 5.48. The van der Waals surface area contributed by atoms with Crippen LogP contribution < -0.4 is 0 Å². The largest absolute Gasteiger partial charge is 0.365 e. The molecule has 6 nitrogen and oxygen atoms in total. The number of aromatic amines is 1. The van der Waals surface area contributed by atoms with Gasteiger partial charge >= 0.3 is 0 Å². The Labute approximate surface area is 110 Å². The number of rotatable bonds is 5. The number of hydrogen-bond acceptors (Lipinski definition) is 4. The standard InChI is InChI=1S/C13H13N5O/c1-2-4-11(5-3-1)18-10-16-13(17-18)9-19-8-12-14-6-7-15-12/h1-7,10H,8-9H2,(H,14,15). The Morgan fingerprint density at radius 2 is 2.00 bits per heavy atom. The van der Waals surface area contributed by atoms with Gasteiger partial charge < -0.3 is 9.72 Å². The molecule has 0 aliphatic rings. The van der Waals surface area contributed by atoms with Crippen LogP contribution in [-0.2, 0) is 18.0 Å². The predicted molar refractivity (Wildman–Crippen MR) is 68.4 cm³/mol. The zero-order valence-electron chi connectivity index (χ0n) is 10.2. The number of hydrogen-bond donors (Lipinski definition) is 1. The van der Waals surface area contributed by atoms with Crippen molar-refractivity contribution >= 4 is 0 Å². The number of benzene rings is 1. The Balaban J connectivity index is 1.59. The van der Waals surface area contributed by atoms with Crippen LogP contribution in [0.5, 0.6) is 0 Å². The van der Waals surface area contributed by atoms with Crippen LogP contribution in [0.1, 0.15) is 11.6 Å². The number of para-hydroxylation sites is 1. The normalized spacial score (nSPS) is 10.7. The molecule has 0 aliphatic heterocycles. The van der Waals surface area contributed by atoms with Gasteiger partial charge in [-0.1, -0.05) is 18.2 Å². The van der Waals surface area contributed by atoms with Gasteiger partial charge in [0.05, 0.1) is 5.69 Å². The average Bonchev–Trinajstić information content (AvgIpc) is 3.11. The van der Waals surface area contributed by atoms with E-state index in [1.54, 1.807) is 23.4 Å². The molecule has 0 unspecified atom stereocenters. The lowest BCUT2D eigenvalue weighted by Crippen LogP contribution is -1.99. The molecular formula is C13H13N5O. The van der Waals surface area contributed by atoms with E-state index in [0.717, 1.165) is 11.5 Å². The molecule has 3 aromatic rings. The van der Waals surface area contributed by atoms with Gasteiger partial charge in [0.2, 0.25) is 0 Å². The smallest absolute Gasteiger partial charge is 0.176 e. The van der Waals surface area contributed by atoms with E-state index in [0.29, 0.717) is 19.0 Å². The summed E-state index contributed by atoms with van der Waals surface area (Å²) >= 11 is 0. The van der Waals surface area contributed by atoms with Gasteiger partial charge in [0.15, 0.2) is 5.82 Å². The minimum absolute atomic E-state index is 0.362. The van der Waals surface area contributed by atoms with E-state index in [2.05, 4.69) is 20.1 Å². The Bertz CT molecular complexity index is 618. The highest BCUT2D eigenvalue weighted by molar-refractivity contribution is 5.29. The van der Waals surface area contributed by atoms with Gasteiger partial charge in [-0.3, -0.25) is 0 Å². The maximum Gasteiger partial charge on any atom is 0.176 e. The van der Waals surface area contributed by atoms with Crippen LogP contribution in [0.25, 0.3) is 5.69 Å². The quantitative estimate of drug-likeness (QED) is 0.753. The van der Waals surface area contributed by atoms with Gasteiger partial charge in [-0.25, -0.2) is 14.6 Å². The van der Waals surface area contributed by atoms with Crippen LogP contribution in [0.4, 0.5) is 0 Å². The van der Waals surface area contributed by atoms with E-state index in [-0.39, 0.29) is 0 Å². The molecule has 1 aromatic carbocycles. The van der Waals surface area contributed by atoms with Crippen molar-refractivity contribution < 1.29 is 4.74 Å². The van der Waals surface area contributed by atoms with Crippen molar-refractivity contribution in [2.75, 3.05) is 0 Å². The second-order valence-corrected chi connectivity index (χ2v) is 3.97. The minimum Gasteiger partial charge on any atom is -0.365 e. The van der Waals surface area contributed by atoms with E-state index in [9.17, 15) is 0 Å². The molecule has 1 N–H and O–H groups in total. The van der Waals surface area contributed by atoms with Crippen molar-refractivity contribution in [3.8, 4) is 5.69 Å². The highest BCUT2D eigenvalue weighted by atomic mass is 16.5. The van der Waals surface area contributed by atoms with Gasteiger partial charge in [-0.15, -0.1) is 5.10 Å². The fourth-order valence-electron chi connectivity index (χ4n) is 1.68. The van der Waals surface area contributed by atoms with Crippen molar-refractivity contribution in [2.24, 2.45) is 0 Å². The van der Waals surface area contributed by atoms with Crippen LogP contribution in [0.2, 0.25) is 0 Å². The summed E-state index contributed by atoms with van der Waals surface area (Å²) in [6.07, 6.45) is 5.14. The highest BCUT2D eigenvalue weighted by Crippen LogP contribution is 2.05. The maximum atomic E-state index is 5.48. The number of nitrogens with one attached hydrogen (secondary N) is 1. The summed E-state index contributed by atoms with van der Waals surface area (Å²) in [6.45, 7) is 0.785. The molecule has 0 aliphatic carbocycles. The van der Waals surface area contributed by atoms with Crippen molar-refractivity contribution in [3.63, 3.8) is 0 Å². The Morgan fingerprint density at radius 1 is 1.11 bits per heavy atom. The molecule has 0 fully saturated rings. The first-order valence-corrected chi connectivity index (χ1v) is 5.94. The third kappa shape index (κ3) is 2.86. The summed E-state index contributed by atoms with van der Waals surface area (Å²) in [5.74, 6) is 1.44. The van der Waals surface area contributed by atoms with Crippen LogP contribution in [-0.4, -0.2) is 24.7 Å². The van der Waals surface area contributed by atoms with Gasteiger partial charge in [-0.05, 0) is 12.1 Å². The van der Waals surface area contributed by atoms with Crippen LogP contribution >= 0.6 is 0 Å². The SMILES string of the molecule is c1ccc(-n2cnc(COCc3ncc[nH]3)n2)cc1. The lowest BCUT2D eigenvalue weighted by Gasteiger charge is -1.99. The number of aromatic nitrogens is 5. The summed E-state index contributed by atoms with van der Waals surface area (Å²) in [4.78, 5) is 11.3. The average molecular weight is 255 g/mol. The summed E-state index contributed by atoms with van der Waals surface area (Å²) in [5, 5.41) is 4.35. The molecule has 0 spiro atoms. The van der Waals surface area contributed by atoms with E-state index in [1.165, 1.54) is 0 Å². The summed E-state index contributed by atoms with van der Waals surface area (Å²) in [6, 6.07) is 9.84. The van der Waals surface area contributed by atoms with Crippen LogP contribution in [0, 0.1) is 0 Å². The van der Waals surface area contributed by atoms with Crippen molar-refractivity contribution in [1.82, 2.24) is 24.7 Å². The van der Waals surface area contributed by atoms with E-state index < -0.39 is 0 Å². The molecule has 0 radical (unpaired) electrons. The van der Waals surface area contributed by atoms with Gasteiger partial charge in [0.25, 0.3) is 0 Å². The first kappa shape index (κ1) is 11.6. The van der Waals surface area contributed by atoms with Gasteiger partial charge in [-0.2, -0.15) is 0 Å². The Morgan fingerprint density at radius 3 is 2.79 bits per heavy atom. The molecular weight excluding hydrogens is 242 g/mol. The molecule has 0 saturated heterocycles. The molecule has 2 aromatic heterocycles. The Hall–Kier alpha value is -2.47. The number of H-pyrrole nitrogens is 1. The van der Waals surface area contributed by atoms with Crippen molar-refractivity contribution in [3.05, 3.63) is 60.7 Å². The second-order valence-electron chi connectivity index (χ2n) is 3.97. The lowest BCUT2D eigenvalue weighted by atomic mass is 10.3. The number of ether oxygens (including phenoxy) is 1. The third-order valence-corrected chi connectivity index (χ3v) is 2.58. The first-order chi connectivity index (χ1) is 9.42. The first-order valence-electron chi connectivity index (χ1n) is 5.94. The highest BCUT2D eigenvalue weighted by Gasteiger charge is 2.03. The molecule has 19 heavy (non-hydrogen) atoms. The van der Waals surface area contributed by atoms with Crippen LogP contribution in [0.15, 0.2) is 49.1 Å². The molecule has 6 heteroatoms. The third-order valence-electron chi connectivity index (χ3n) is 2.58. The number of imidazole rings is 1. The molecule has 0 amide bonds.